The standard InChI is InChI=1S/C8H10OS/c1-9-6-7-2-4-8(10)5-3-7/h2-5,10H,6H2,1H3. The number of hydrogen-bond acceptors (Lipinski definition) is 2. The van der Waals surface area contributed by atoms with Crippen LogP contribution in [0, 0.1) is 0 Å². The van der Waals surface area contributed by atoms with Gasteiger partial charge in [-0.15, -0.1) is 12.6 Å². The van der Waals surface area contributed by atoms with E-state index in [2.05, 4.69) is 12.6 Å². The highest BCUT2D eigenvalue weighted by molar-refractivity contribution is 7.80. The first-order chi connectivity index (χ1) is 4.83. The molecule has 1 aromatic carbocycles. The minimum atomic E-state index is 0.675. The molecular formula is C8H10OS. The number of rotatable bonds is 2. The van der Waals surface area contributed by atoms with Gasteiger partial charge in [0.25, 0.3) is 0 Å². The zero-order chi connectivity index (χ0) is 7.40. The molecular weight excluding hydrogens is 144 g/mol. The van der Waals surface area contributed by atoms with Crippen molar-refractivity contribution in [2.24, 2.45) is 0 Å². The average Bonchev–Trinajstić information content (AvgIpc) is 1.95. The molecule has 0 saturated heterocycles. The van der Waals surface area contributed by atoms with E-state index in [0.717, 1.165) is 4.90 Å². The molecule has 0 aliphatic heterocycles. The van der Waals surface area contributed by atoms with Gasteiger partial charge in [-0.3, -0.25) is 0 Å². The molecule has 0 atom stereocenters. The lowest BCUT2D eigenvalue weighted by Crippen LogP contribution is -1.85. The first-order valence-electron chi connectivity index (χ1n) is 3.10. The molecule has 1 rings (SSSR count). The molecule has 0 fully saturated rings. The largest absolute Gasteiger partial charge is 0.380 e. The van der Waals surface area contributed by atoms with Crippen molar-refractivity contribution in [3.05, 3.63) is 29.8 Å². The Kier molecular flexibility index (Phi) is 2.78. The summed E-state index contributed by atoms with van der Waals surface area (Å²) in [5, 5.41) is 0. The van der Waals surface area contributed by atoms with Crippen molar-refractivity contribution >= 4 is 12.6 Å². The maximum atomic E-state index is 4.94. The van der Waals surface area contributed by atoms with Gasteiger partial charge >= 0.3 is 0 Å². The molecule has 0 saturated carbocycles. The second-order valence-corrected chi connectivity index (χ2v) is 2.62. The summed E-state index contributed by atoms with van der Waals surface area (Å²) in [7, 11) is 1.69. The molecule has 0 unspecified atom stereocenters. The van der Waals surface area contributed by atoms with Crippen LogP contribution in [0.3, 0.4) is 0 Å². The van der Waals surface area contributed by atoms with Crippen molar-refractivity contribution < 1.29 is 4.74 Å². The molecule has 10 heavy (non-hydrogen) atoms. The van der Waals surface area contributed by atoms with E-state index in [-0.39, 0.29) is 0 Å². The van der Waals surface area contributed by atoms with Crippen molar-refractivity contribution in [3.63, 3.8) is 0 Å². The van der Waals surface area contributed by atoms with Gasteiger partial charge in [0.05, 0.1) is 6.61 Å². The monoisotopic (exact) mass is 154 g/mol. The summed E-state index contributed by atoms with van der Waals surface area (Å²) in [6, 6.07) is 7.92. The summed E-state index contributed by atoms with van der Waals surface area (Å²) in [4.78, 5) is 0.986. The molecule has 0 heterocycles. The summed E-state index contributed by atoms with van der Waals surface area (Å²) < 4.78 is 4.94. The van der Waals surface area contributed by atoms with Crippen LogP contribution in [0.4, 0.5) is 0 Å². The predicted octanol–water partition coefficient (Wildman–Crippen LogP) is 2.12. The van der Waals surface area contributed by atoms with Gasteiger partial charge in [-0.25, -0.2) is 0 Å². The first-order valence-corrected chi connectivity index (χ1v) is 3.54. The van der Waals surface area contributed by atoms with Crippen molar-refractivity contribution in [1.82, 2.24) is 0 Å². The fourth-order valence-corrected chi connectivity index (χ4v) is 0.908. The van der Waals surface area contributed by atoms with Crippen molar-refractivity contribution in [1.29, 1.82) is 0 Å². The average molecular weight is 154 g/mol. The zero-order valence-corrected chi connectivity index (χ0v) is 6.77. The van der Waals surface area contributed by atoms with E-state index in [0.29, 0.717) is 6.61 Å². The molecule has 0 N–H and O–H groups in total. The smallest absolute Gasteiger partial charge is 0.0713 e. The molecule has 0 aliphatic carbocycles. The summed E-state index contributed by atoms with van der Waals surface area (Å²) >= 11 is 4.16. The molecule has 54 valence electrons. The van der Waals surface area contributed by atoms with Gasteiger partial charge in [0.2, 0.25) is 0 Å². The second kappa shape index (κ2) is 3.64. The van der Waals surface area contributed by atoms with E-state index in [1.807, 2.05) is 24.3 Å². The molecule has 0 amide bonds. The Morgan fingerprint density at radius 3 is 2.40 bits per heavy atom. The van der Waals surface area contributed by atoms with Crippen LogP contribution < -0.4 is 0 Å². The summed E-state index contributed by atoms with van der Waals surface area (Å²) in [6.45, 7) is 0.675. The van der Waals surface area contributed by atoms with E-state index in [1.54, 1.807) is 7.11 Å². The van der Waals surface area contributed by atoms with E-state index in [9.17, 15) is 0 Å². The van der Waals surface area contributed by atoms with Crippen LogP contribution in [0.1, 0.15) is 5.56 Å². The van der Waals surface area contributed by atoms with Gasteiger partial charge in [-0.1, -0.05) is 12.1 Å². The predicted molar refractivity (Wildman–Crippen MR) is 44.4 cm³/mol. The minimum absolute atomic E-state index is 0.675. The SMILES string of the molecule is COCc1ccc(S)cc1. The van der Waals surface area contributed by atoms with Crippen LogP contribution in [0.5, 0.6) is 0 Å². The Labute approximate surface area is 66.4 Å². The fourth-order valence-electron chi connectivity index (χ4n) is 0.759. The number of ether oxygens (including phenoxy) is 1. The second-order valence-electron chi connectivity index (χ2n) is 2.10. The Hall–Kier alpha value is -0.470. The van der Waals surface area contributed by atoms with Crippen molar-refractivity contribution in [3.8, 4) is 0 Å². The molecule has 1 aromatic rings. The lowest BCUT2D eigenvalue weighted by molar-refractivity contribution is 0.185. The zero-order valence-electron chi connectivity index (χ0n) is 5.87. The van der Waals surface area contributed by atoms with E-state index < -0.39 is 0 Å². The number of hydrogen-bond donors (Lipinski definition) is 1. The highest BCUT2D eigenvalue weighted by atomic mass is 32.1. The van der Waals surface area contributed by atoms with Gasteiger partial charge in [-0.05, 0) is 17.7 Å². The summed E-state index contributed by atoms with van der Waals surface area (Å²) in [5.41, 5.74) is 1.18. The van der Waals surface area contributed by atoms with Gasteiger partial charge in [0.1, 0.15) is 0 Å². The van der Waals surface area contributed by atoms with Crippen LogP contribution in [-0.4, -0.2) is 7.11 Å². The molecule has 0 aromatic heterocycles. The van der Waals surface area contributed by atoms with Gasteiger partial charge < -0.3 is 4.74 Å². The topological polar surface area (TPSA) is 9.23 Å². The van der Waals surface area contributed by atoms with Gasteiger partial charge in [0.15, 0.2) is 0 Å². The maximum Gasteiger partial charge on any atom is 0.0713 e. The van der Waals surface area contributed by atoms with Crippen molar-refractivity contribution in [2.75, 3.05) is 7.11 Å². The third-order valence-electron chi connectivity index (χ3n) is 1.25. The van der Waals surface area contributed by atoms with Crippen molar-refractivity contribution in [2.45, 2.75) is 11.5 Å². The maximum absolute atomic E-state index is 4.94. The van der Waals surface area contributed by atoms with Gasteiger partial charge in [-0.2, -0.15) is 0 Å². The minimum Gasteiger partial charge on any atom is -0.380 e. The Bertz CT molecular complexity index is 193. The molecule has 0 aliphatic rings. The number of benzene rings is 1. The molecule has 0 bridgehead atoms. The van der Waals surface area contributed by atoms with Crippen LogP contribution in [0.2, 0.25) is 0 Å². The highest BCUT2D eigenvalue weighted by Gasteiger charge is 1.88. The molecule has 1 nitrogen and oxygen atoms in total. The van der Waals surface area contributed by atoms with Crippen LogP contribution in [0.25, 0.3) is 0 Å². The molecule has 0 spiro atoms. The highest BCUT2D eigenvalue weighted by Crippen LogP contribution is 2.07. The quantitative estimate of drug-likeness (QED) is 0.642. The summed E-state index contributed by atoms with van der Waals surface area (Å²) in [6.07, 6.45) is 0. The van der Waals surface area contributed by atoms with Crippen LogP contribution in [0.15, 0.2) is 29.2 Å². The first kappa shape index (κ1) is 7.63. The molecule has 0 radical (unpaired) electrons. The fraction of sp³-hybridized carbons (Fsp3) is 0.250. The Morgan fingerprint density at radius 1 is 1.30 bits per heavy atom. The lowest BCUT2D eigenvalue weighted by Gasteiger charge is -1.97. The lowest BCUT2D eigenvalue weighted by atomic mass is 10.2. The van der Waals surface area contributed by atoms with Gasteiger partial charge in [0, 0.05) is 12.0 Å². The Balaban J connectivity index is 2.69. The van der Waals surface area contributed by atoms with Crippen LogP contribution >= 0.6 is 12.6 Å². The number of thiol groups is 1. The van der Waals surface area contributed by atoms with E-state index >= 15 is 0 Å². The van der Waals surface area contributed by atoms with E-state index in [4.69, 9.17) is 4.74 Å². The van der Waals surface area contributed by atoms with E-state index in [1.165, 1.54) is 5.56 Å². The third-order valence-corrected chi connectivity index (χ3v) is 1.55. The normalized spacial score (nSPS) is 9.80. The summed E-state index contributed by atoms with van der Waals surface area (Å²) in [5.74, 6) is 0. The third kappa shape index (κ3) is 2.05. The number of methoxy groups -OCH3 is 1. The molecule has 2 heteroatoms. The Morgan fingerprint density at radius 2 is 1.90 bits per heavy atom. The van der Waals surface area contributed by atoms with Crippen LogP contribution in [-0.2, 0) is 11.3 Å².